The lowest BCUT2D eigenvalue weighted by Crippen LogP contribution is -2.35. The second-order valence-corrected chi connectivity index (χ2v) is 6.82. The second kappa shape index (κ2) is 6.96. The van der Waals surface area contributed by atoms with Crippen LogP contribution < -0.4 is 5.32 Å². The Labute approximate surface area is 124 Å². The van der Waals surface area contributed by atoms with E-state index in [4.69, 9.17) is 11.6 Å². The van der Waals surface area contributed by atoms with Crippen LogP contribution in [0.15, 0.2) is 18.2 Å². The van der Waals surface area contributed by atoms with Gasteiger partial charge in [0.05, 0.1) is 5.02 Å². The summed E-state index contributed by atoms with van der Waals surface area (Å²) in [7, 11) is 0. The SMILES string of the molecule is CSC1CCC(NC(C)c2ccc(F)c(Cl)c2)CC1. The van der Waals surface area contributed by atoms with Crippen molar-refractivity contribution in [2.75, 3.05) is 6.26 Å². The molecule has 1 N–H and O–H groups in total. The van der Waals surface area contributed by atoms with E-state index in [1.54, 1.807) is 6.07 Å². The molecule has 4 heteroatoms. The van der Waals surface area contributed by atoms with Gasteiger partial charge < -0.3 is 5.32 Å². The smallest absolute Gasteiger partial charge is 0.141 e. The number of benzene rings is 1. The van der Waals surface area contributed by atoms with Gasteiger partial charge in [0.25, 0.3) is 0 Å². The predicted molar refractivity (Wildman–Crippen MR) is 82.5 cm³/mol. The summed E-state index contributed by atoms with van der Waals surface area (Å²) in [5.74, 6) is -0.349. The Morgan fingerprint density at radius 1 is 1.32 bits per heavy atom. The summed E-state index contributed by atoms with van der Waals surface area (Å²) < 4.78 is 13.1. The molecule has 19 heavy (non-hydrogen) atoms. The molecule has 0 heterocycles. The van der Waals surface area contributed by atoms with Crippen molar-refractivity contribution >= 4 is 23.4 Å². The van der Waals surface area contributed by atoms with Gasteiger partial charge in [-0.2, -0.15) is 11.8 Å². The van der Waals surface area contributed by atoms with E-state index < -0.39 is 0 Å². The van der Waals surface area contributed by atoms with Crippen molar-refractivity contribution in [3.8, 4) is 0 Å². The molecule has 1 nitrogen and oxygen atoms in total. The number of nitrogens with one attached hydrogen (secondary N) is 1. The van der Waals surface area contributed by atoms with E-state index in [0.717, 1.165) is 10.8 Å². The normalized spacial score (nSPS) is 25.3. The van der Waals surface area contributed by atoms with Gasteiger partial charge >= 0.3 is 0 Å². The molecule has 1 atom stereocenters. The minimum absolute atomic E-state index is 0.206. The third kappa shape index (κ3) is 4.11. The van der Waals surface area contributed by atoms with Gasteiger partial charge in [0.15, 0.2) is 0 Å². The Balaban J connectivity index is 1.90. The second-order valence-electron chi connectivity index (χ2n) is 5.27. The van der Waals surface area contributed by atoms with Crippen LogP contribution in [0.4, 0.5) is 4.39 Å². The van der Waals surface area contributed by atoms with Crippen LogP contribution in [0.25, 0.3) is 0 Å². The molecule has 0 saturated heterocycles. The molecule has 2 rings (SSSR count). The highest BCUT2D eigenvalue weighted by atomic mass is 35.5. The number of rotatable bonds is 4. The molecule has 106 valence electrons. The summed E-state index contributed by atoms with van der Waals surface area (Å²) in [6, 6.07) is 5.77. The van der Waals surface area contributed by atoms with Crippen LogP contribution in [-0.4, -0.2) is 17.5 Å². The Morgan fingerprint density at radius 3 is 2.58 bits per heavy atom. The molecule has 1 aliphatic rings. The molecule has 1 aliphatic carbocycles. The van der Waals surface area contributed by atoms with Crippen LogP contribution in [0.1, 0.15) is 44.2 Å². The number of hydrogen-bond acceptors (Lipinski definition) is 2. The minimum Gasteiger partial charge on any atom is -0.307 e. The maximum absolute atomic E-state index is 13.1. The van der Waals surface area contributed by atoms with Crippen molar-refractivity contribution in [3.05, 3.63) is 34.6 Å². The minimum atomic E-state index is -0.349. The van der Waals surface area contributed by atoms with Gasteiger partial charge in [-0.1, -0.05) is 17.7 Å². The Bertz CT molecular complexity index is 419. The van der Waals surface area contributed by atoms with Crippen molar-refractivity contribution in [1.82, 2.24) is 5.32 Å². The Morgan fingerprint density at radius 2 is 2.00 bits per heavy atom. The first-order valence-electron chi connectivity index (χ1n) is 6.84. The lowest BCUT2D eigenvalue weighted by Gasteiger charge is -2.30. The summed E-state index contributed by atoms with van der Waals surface area (Å²) in [6.07, 6.45) is 7.22. The first-order valence-corrected chi connectivity index (χ1v) is 8.50. The van der Waals surface area contributed by atoms with Crippen LogP contribution >= 0.6 is 23.4 Å². The Hall–Kier alpha value is -0.250. The van der Waals surface area contributed by atoms with E-state index in [1.165, 1.54) is 31.7 Å². The lowest BCUT2D eigenvalue weighted by atomic mass is 9.93. The third-order valence-electron chi connectivity index (χ3n) is 3.94. The summed E-state index contributed by atoms with van der Waals surface area (Å²) in [5.41, 5.74) is 1.05. The fraction of sp³-hybridized carbons (Fsp3) is 0.600. The van der Waals surface area contributed by atoms with Crippen molar-refractivity contribution in [2.24, 2.45) is 0 Å². The lowest BCUT2D eigenvalue weighted by molar-refractivity contribution is 0.352. The zero-order valence-corrected chi connectivity index (χ0v) is 13.0. The van der Waals surface area contributed by atoms with Crippen LogP contribution in [0.2, 0.25) is 5.02 Å². The number of halogens is 2. The number of hydrogen-bond donors (Lipinski definition) is 1. The van der Waals surface area contributed by atoms with Crippen LogP contribution in [0.3, 0.4) is 0 Å². The molecule has 0 bridgehead atoms. The van der Waals surface area contributed by atoms with Gasteiger partial charge in [-0.25, -0.2) is 4.39 Å². The monoisotopic (exact) mass is 301 g/mol. The molecule has 0 amide bonds. The molecule has 1 fully saturated rings. The van der Waals surface area contributed by atoms with Gasteiger partial charge in [0, 0.05) is 17.3 Å². The average Bonchev–Trinajstić information content (AvgIpc) is 2.42. The standard InChI is InChI=1S/C15H21ClFNS/c1-10(11-3-8-15(17)14(16)9-11)18-12-4-6-13(19-2)7-5-12/h3,8-10,12-13,18H,4-7H2,1-2H3. The van der Waals surface area contributed by atoms with Crippen LogP contribution in [0, 0.1) is 5.82 Å². The highest BCUT2D eigenvalue weighted by Crippen LogP contribution is 2.28. The molecular weight excluding hydrogens is 281 g/mol. The quantitative estimate of drug-likeness (QED) is 0.857. The van der Waals surface area contributed by atoms with E-state index >= 15 is 0 Å². The maximum Gasteiger partial charge on any atom is 0.141 e. The zero-order chi connectivity index (χ0) is 13.8. The third-order valence-corrected chi connectivity index (χ3v) is 5.36. The molecule has 1 saturated carbocycles. The largest absolute Gasteiger partial charge is 0.307 e. The molecule has 0 spiro atoms. The number of thioether (sulfide) groups is 1. The summed E-state index contributed by atoms with van der Waals surface area (Å²) >= 11 is 7.81. The van der Waals surface area contributed by atoms with E-state index in [2.05, 4.69) is 18.5 Å². The summed E-state index contributed by atoms with van der Waals surface area (Å²) in [4.78, 5) is 0. The fourth-order valence-electron chi connectivity index (χ4n) is 2.70. The van der Waals surface area contributed by atoms with Gasteiger partial charge in [-0.15, -0.1) is 0 Å². The average molecular weight is 302 g/mol. The summed E-state index contributed by atoms with van der Waals surface area (Å²) in [5, 5.41) is 4.67. The van der Waals surface area contributed by atoms with E-state index in [1.807, 2.05) is 17.8 Å². The van der Waals surface area contributed by atoms with Gasteiger partial charge in [0.1, 0.15) is 5.82 Å². The first kappa shape index (κ1) is 15.1. The van der Waals surface area contributed by atoms with Crippen LogP contribution in [-0.2, 0) is 0 Å². The highest BCUT2D eigenvalue weighted by molar-refractivity contribution is 7.99. The first-order chi connectivity index (χ1) is 9.10. The van der Waals surface area contributed by atoms with Crippen molar-refractivity contribution in [3.63, 3.8) is 0 Å². The predicted octanol–water partition coefficient (Wildman–Crippen LogP) is 4.80. The van der Waals surface area contributed by atoms with Gasteiger partial charge in [0.2, 0.25) is 0 Å². The molecule has 1 aromatic rings. The van der Waals surface area contributed by atoms with Gasteiger partial charge in [-0.05, 0) is 56.6 Å². The maximum atomic E-state index is 13.1. The van der Waals surface area contributed by atoms with E-state index in [-0.39, 0.29) is 16.9 Å². The molecule has 0 radical (unpaired) electrons. The van der Waals surface area contributed by atoms with E-state index in [0.29, 0.717) is 6.04 Å². The zero-order valence-electron chi connectivity index (χ0n) is 11.5. The van der Waals surface area contributed by atoms with Crippen molar-refractivity contribution < 1.29 is 4.39 Å². The van der Waals surface area contributed by atoms with Crippen molar-refractivity contribution in [1.29, 1.82) is 0 Å². The highest BCUT2D eigenvalue weighted by Gasteiger charge is 2.22. The Kier molecular flexibility index (Phi) is 5.55. The topological polar surface area (TPSA) is 12.0 Å². The fourth-order valence-corrected chi connectivity index (χ4v) is 3.63. The van der Waals surface area contributed by atoms with E-state index in [9.17, 15) is 4.39 Å². The van der Waals surface area contributed by atoms with Crippen LogP contribution in [0.5, 0.6) is 0 Å². The molecule has 0 aliphatic heterocycles. The molecule has 1 aromatic carbocycles. The van der Waals surface area contributed by atoms with Crippen molar-refractivity contribution in [2.45, 2.75) is 49.9 Å². The molecule has 0 aromatic heterocycles. The molecule has 1 unspecified atom stereocenters. The summed E-state index contributed by atoms with van der Waals surface area (Å²) in [6.45, 7) is 2.12. The van der Waals surface area contributed by atoms with Gasteiger partial charge in [-0.3, -0.25) is 0 Å². The molecular formula is C15H21ClFNS.